The quantitative estimate of drug-likeness (QED) is 0.537. The van der Waals surface area contributed by atoms with E-state index in [0.717, 1.165) is 17.7 Å². The number of aryl methyl sites for hydroxylation is 2. The zero-order chi connectivity index (χ0) is 23.6. The lowest BCUT2D eigenvalue weighted by atomic mass is 10.0. The Morgan fingerprint density at radius 2 is 1.88 bits per heavy atom. The third-order valence-corrected chi connectivity index (χ3v) is 5.70. The summed E-state index contributed by atoms with van der Waals surface area (Å²) in [4.78, 5) is 22.0. The fourth-order valence-corrected chi connectivity index (χ4v) is 3.82. The van der Waals surface area contributed by atoms with Crippen LogP contribution in [0, 0.1) is 19.7 Å². The number of likely N-dealkylation sites (tertiary alicyclic amines) is 1. The van der Waals surface area contributed by atoms with E-state index in [2.05, 4.69) is 9.97 Å². The maximum absolute atomic E-state index is 15.0. The molecule has 0 spiro atoms. The van der Waals surface area contributed by atoms with Gasteiger partial charge in [-0.1, -0.05) is 0 Å². The van der Waals surface area contributed by atoms with Crippen LogP contribution < -0.4 is 14.0 Å². The van der Waals surface area contributed by atoms with Crippen molar-refractivity contribution in [2.24, 2.45) is 0 Å². The summed E-state index contributed by atoms with van der Waals surface area (Å²) in [5.41, 5.74) is 1.89. The topological polar surface area (TPSA) is 81.5 Å². The number of ether oxygens (including phenoxy) is 2. The summed E-state index contributed by atoms with van der Waals surface area (Å²) in [6.45, 7) is 6.54. The first-order chi connectivity index (χ1) is 15.8. The van der Waals surface area contributed by atoms with Crippen LogP contribution in [0.1, 0.15) is 35.0 Å². The number of halogens is 1. The minimum absolute atomic E-state index is 0.00333. The van der Waals surface area contributed by atoms with Crippen LogP contribution in [0.3, 0.4) is 0 Å². The third-order valence-electron chi connectivity index (χ3n) is 5.70. The van der Waals surface area contributed by atoms with Crippen molar-refractivity contribution in [1.29, 1.82) is 0 Å². The van der Waals surface area contributed by atoms with E-state index in [9.17, 15) is 14.3 Å². The monoisotopic (exact) mass is 452 g/mol. The fraction of sp³-hybridized carbons (Fsp3) is 0.320. The first-order valence-electron chi connectivity index (χ1n) is 10.9. The zero-order valence-electron chi connectivity index (χ0n) is 18.9. The Balaban J connectivity index is 1.56. The van der Waals surface area contributed by atoms with Gasteiger partial charge in [-0.15, -0.1) is 0 Å². The second-order valence-corrected chi connectivity index (χ2v) is 8.43. The summed E-state index contributed by atoms with van der Waals surface area (Å²) in [6.07, 6.45) is 3.77. The summed E-state index contributed by atoms with van der Waals surface area (Å²) in [7, 11) is 0. The number of rotatable bonds is 7. The van der Waals surface area contributed by atoms with Gasteiger partial charge in [0.2, 0.25) is 0 Å². The SMILES string of the molecule is Cc1cc(Oc2ccc(C(=O)[N+]3(c4cnc(C)cn4)CCC3)cc2F)cc(O[C@@H](C)CO)c1. The Labute approximate surface area is 192 Å². The van der Waals surface area contributed by atoms with Gasteiger partial charge in [0.05, 0.1) is 37.2 Å². The Morgan fingerprint density at radius 1 is 1.12 bits per heavy atom. The molecule has 0 bridgehead atoms. The molecule has 1 fully saturated rings. The van der Waals surface area contributed by atoms with Crippen molar-refractivity contribution < 1.29 is 23.8 Å². The van der Waals surface area contributed by atoms with Gasteiger partial charge in [-0.3, -0.25) is 4.98 Å². The first-order valence-corrected chi connectivity index (χ1v) is 10.9. The molecular weight excluding hydrogens is 425 g/mol. The van der Waals surface area contributed by atoms with Crippen molar-refractivity contribution in [1.82, 2.24) is 14.5 Å². The molecule has 2 heterocycles. The van der Waals surface area contributed by atoms with Crippen LogP contribution in [0.25, 0.3) is 0 Å². The van der Waals surface area contributed by atoms with Crippen molar-refractivity contribution in [2.45, 2.75) is 33.3 Å². The van der Waals surface area contributed by atoms with Crippen LogP contribution in [0.5, 0.6) is 17.2 Å². The second-order valence-electron chi connectivity index (χ2n) is 8.43. The molecule has 33 heavy (non-hydrogen) atoms. The zero-order valence-corrected chi connectivity index (χ0v) is 18.9. The van der Waals surface area contributed by atoms with Gasteiger partial charge in [0.1, 0.15) is 23.8 Å². The van der Waals surface area contributed by atoms with Crippen LogP contribution >= 0.6 is 0 Å². The average molecular weight is 453 g/mol. The molecule has 172 valence electrons. The summed E-state index contributed by atoms with van der Waals surface area (Å²) in [5.74, 6) is 0.637. The van der Waals surface area contributed by atoms with Crippen LogP contribution in [-0.4, -0.2) is 46.8 Å². The molecule has 4 rings (SSSR count). The molecule has 0 radical (unpaired) electrons. The van der Waals surface area contributed by atoms with Gasteiger partial charge in [0.25, 0.3) is 5.82 Å². The van der Waals surface area contributed by atoms with Gasteiger partial charge < -0.3 is 14.6 Å². The summed E-state index contributed by atoms with van der Waals surface area (Å²) < 4.78 is 26.4. The maximum Gasteiger partial charge on any atom is 0.352 e. The highest BCUT2D eigenvalue weighted by atomic mass is 19.1. The predicted molar refractivity (Wildman–Crippen MR) is 122 cm³/mol. The fourth-order valence-electron chi connectivity index (χ4n) is 3.82. The van der Waals surface area contributed by atoms with Crippen molar-refractivity contribution >= 4 is 11.7 Å². The number of hydrogen-bond donors (Lipinski definition) is 1. The summed E-state index contributed by atoms with van der Waals surface area (Å²) in [6, 6.07) is 9.43. The molecular formula is C25H27FN3O4+. The van der Waals surface area contributed by atoms with Crippen molar-refractivity contribution in [3.05, 3.63) is 71.4 Å². The molecule has 1 amide bonds. The average Bonchev–Trinajstić information content (AvgIpc) is 2.75. The van der Waals surface area contributed by atoms with Gasteiger partial charge in [-0.05, 0) is 56.7 Å². The normalized spacial score (nSPS) is 15.4. The van der Waals surface area contributed by atoms with E-state index in [1.165, 1.54) is 12.1 Å². The molecule has 1 saturated heterocycles. The number of nitrogens with zero attached hydrogens (tertiary/aromatic N) is 3. The number of amides is 1. The first kappa shape index (κ1) is 22.8. The van der Waals surface area contributed by atoms with E-state index in [0.29, 0.717) is 30.4 Å². The van der Waals surface area contributed by atoms with Crippen molar-refractivity contribution in [3.63, 3.8) is 0 Å². The largest absolute Gasteiger partial charge is 0.488 e. The molecule has 2 aromatic carbocycles. The molecule has 0 unspecified atom stereocenters. The number of aromatic nitrogens is 2. The third kappa shape index (κ3) is 4.72. The standard InChI is InChI=1S/C25H27FN3O4/c1-16-9-20(32-18(3)15-30)12-21(10-16)33-23-6-5-19(11-22(23)26)25(31)29(7-4-8-29)24-14-27-17(2)13-28-24/h5-6,9-14,18,30H,4,7-8,15H2,1-3H3/q+1/t18-/m0/s1. The van der Waals surface area contributed by atoms with E-state index < -0.39 is 5.82 Å². The molecule has 1 aliphatic heterocycles. The minimum Gasteiger partial charge on any atom is -0.488 e. The van der Waals surface area contributed by atoms with Crippen LogP contribution in [0.15, 0.2) is 48.8 Å². The van der Waals surface area contributed by atoms with E-state index >= 15 is 0 Å². The van der Waals surface area contributed by atoms with E-state index in [1.54, 1.807) is 43.6 Å². The Morgan fingerprint density at radius 3 is 2.48 bits per heavy atom. The Bertz CT molecular complexity index is 1160. The van der Waals surface area contributed by atoms with Crippen LogP contribution in [0.4, 0.5) is 10.2 Å². The van der Waals surface area contributed by atoms with Gasteiger partial charge in [-0.2, -0.15) is 0 Å². The number of carbonyl (C=O) groups excluding carboxylic acids is 1. The number of carbonyl (C=O) groups is 1. The molecule has 1 atom stereocenters. The van der Waals surface area contributed by atoms with Crippen molar-refractivity contribution in [2.75, 3.05) is 19.7 Å². The van der Waals surface area contributed by atoms with Gasteiger partial charge >= 0.3 is 5.91 Å². The molecule has 8 heteroatoms. The Kier molecular flexibility index (Phi) is 6.40. The highest BCUT2D eigenvalue weighted by Crippen LogP contribution is 2.33. The number of hydrogen-bond acceptors (Lipinski definition) is 6. The lowest BCUT2D eigenvalue weighted by molar-refractivity contribution is 0.0653. The molecule has 0 saturated carbocycles. The molecule has 7 nitrogen and oxygen atoms in total. The lowest BCUT2D eigenvalue weighted by Gasteiger charge is -2.40. The number of aliphatic hydroxyl groups excluding tert-OH is 1. The summed E-state index contributed by atoms with van der Waals surface area (Å²) >= 11 is 0. The highest BCUT2D eigenvalue weighted by molar-refractivity contribution is 6.02. The predicted octanol–water partition coefficient (Wildman–Crippen LogP) is 4.34. The summed E-state index contributed by atoms with van der Waals surface area (Å²) in [5, 5.41) is 9.20. The molecule has 1 aliphatic rings. The molecule has 1 N–H and O–H groups in total. The van der Waals surface area contributed by atoms with E-state index in [4.69, 9.17) is 9.47 Å². The number of benzene rings is 2. The van der Waals surface area contributed by atoms with Crippen molar-refractivity contribution in [3.8, 4) is 17.2 Å². The smallest absolute Gasteiger partial charge is 0.352 e. The van der Waals surface area contributed by atoms with E-state index in [-0.39, 0.29) is 34.4 Å². The molecule has 3 aromatic rings. The van der Waals surface area contributed by atoms with E-state index in [1.807, 2.05) is 13.8 Å². The van der Waals surface area contributed by atoms with Crippen LogP contribution in [-0.2, 0) is 0 Å². The Hall–Kier alpha value is -3.36. The molecule has 1 aromatic heterocycles. The van der Waals surface area contributed by atoms with Gasteiger partial charge in [0.15, 0.2) is 11.6 Å². The maximum atomic E-state index is 15.0. The number of quaternary nitrogens is 1. The second kappa shape index (κ2) is 9.25. The highest BCUT2D eigenvalue weighted by Gasteiger charge is 2.47. The minimum atomic E-state index is -0.637. The van der Waals surface area contributed by atoms with Gasteiger partial charge in [0, 0.05) is 12.5 Å². The van der Waals surface area contributed by atoms with Gasteiger partial charge in [-0.25, -0.2) is 18.7 Å². The number of aliphatic hydroxyl groups is 1. The van der Waals surface area contributed by atoms with Crippen LogP contribution in [0.2, 0.25) is 0 Å². The molecule has 0 aliphatic carbocycles. The lowest BCUT2D eigenvalue weighted by Crippen LogP contribution is -2.63.